The molecule has 3 aromatic rings. The molecule has 1 atom stereocenters. The largest absolute Gasteiger partial charge is 0.507 e. The molecule has 0 spiro atoms. The van der Waals surface area contributed by atoms with Gasteiger partial charge in [0.05, 0.1) is 31.4 Å². The number of hydrogen-bond donors (Lipinski definition) is 1. The molecule has 9 heteroatoms. The summed E-state index contributed by atoms with van der Waals surface area (Å²) in [5.41, 5.74) is 0.974. The van der Waals surface area contributed by atoms with Gasteiger partial charge in [-0.2, -0.15) is 0 Å². The minimum Gasteiger partial charge on any atom is -0.507 e. The van der Waals surface area contributed by atoms with Gasteiger partial charge in [-0.25, -0.2) is 4.98 Å². The lowest BCUT2D eigenvalue weighted by Crippen LogP contribution is -2.29. The van der Waals surface area contributed by atoms with Crippen LogP contribution in [0.5, 0.6) is 17.2 Å². The molecule has 1 amide bonds. The van der Waals surface area contributed by atoms with Crippen molar-refractivity contribution < 1.29 is 28.9 Å². The third-order valence-electron chi connectivity index (χ3n) is 6.21. The molecule has 4 rings (SSSR count). The topological polar surface area (TPSA) is 98.2 Å². The molecule has 1 unspecified atom stereocenters. The van der Waals surface area contributed by atoms with Crippen molar-refractivity contribution in [3.63, 3.8) is 0 Å². The van der Waals surface area contributed by atoms with E-state index in [0.29, 0.717) is 59.2 Å². The number of benzene rings is 2. The zero-order valence-corrected chi connectivity index (χ0v) is 23.5. The van der Waals surface area contributed by atoms with E-state index in [0.717, 1.165) is 12.8 Å². The third kappa shape index (κ3) is 6.25. The number of nitrogens with zero attached hydrogens (tertiary/aromatic N) is 2. The van der Waals surface area contributed by atoms with Crippen LogP contribution >= 0.6 is 11.3 Å². The molecular formula is C30H34N2O6S. The number of amides is 1. The monoisotopic (exact) mass is 550 g/mol. The van der Waals surface area contributed by atoms with Crippen molar-refractivity contribution in [3.05, 3.63) is 70.7 Å². The fraction of sp³-hybridized carbons (Fsp3) is 0.367. The second-order valence-corrected chi connectivity index (χ2v) is 10.4. The molecule has 2 heterocycles. The summed E-state index contributed by atoms with van der Waals surface area (Å²) in [5, 5.41) is 13.5. The maximum absolute atomic E-state index is 13.4. The van der Waals surface area contributed by atoms with Crippen LogP contribution in [-0.4, -0.2) is 41.6 Å². The van der Waals surface area contributed by atoms with Gasteiger partial charge in [-0.15, -0.1) is 11.3 Å². The van der Waals surface area contributed by atoms with E-state index in [2.05, 4.69) is 18.8 Å². The molecule has 206 valence electrons. The van der Waals surface area contributed by atoms with E-state index >= 15 is 0 Å². The van der Waals surface area contributed by atoms with Gasteiger partial charge in [0.2, 0.25) is 0 Å². The maximum atomic E-state index is 13.4. The molecule has 8 nitrogen and oxygen atoms in total. The second kappa shape index (κ2) is 12.8. The van der Waals surface area contributed by atoms with Gasteiger partial charge >= 0.3 is 5.91 Å². The Labute approximate surface area is 232 Å². The number of Topliss-reactive ketones (excluding diaryl/α,β-unsaturated/α-hetero) is 1. The minimum absolute atomic E-state index is 0.0200. The van der Waals surface area contributed by atoms with E-state index in [4.69, 9.17) is 14.2 Å². The highest BCUT2D eigenvalue weighted by Crippen LogP contribution is 2.44. The molecule has 0 saturated carbocycles. The first-order valence-electron chi connectivity index (χ1n) is 13.2. The normalized spacial score (nSPS) is 16.6. The standard InChI is InChI=1S/C30H34N2O6S/c1-5-15-37-22-10-7-20(8-11-22)27(33)25-26(32(29(35)28(25)34)30-31-14-17-39-30)21-9-12-23(24(18-21)36-6-2)38-16-13-19(3)4/h7-12,14,17-19,26,33H,5-6,13,15-16H2,1-4H3. The average Bonchev–Trinajstić information content (AvgIpc) is 3.54. The average molecular weight is 551 g/mol. The molecule has 1 aliphatic heterocycles. The Kier molecular flexibility index (Phi) is 9.24. The summed E-state index contributed by atoms with van der Waals surface area (Å²) in [6, 6.07) is 11.2. The van der Waals surface area contributed by atoms with Crippen LogP contribution in [0.15, 0.2) is 59.6 Å². The highest BCUT2D eigenvalue weighted by atomic mass is 32.1. The second-order valence-electron chi connectivity index (χ2n) is 9.53. The smallest absolute Gasteiger partial charge is 0.301 e. The van der Waals surface area contributed by atoms with E-state index in [1.54, 1.807) is 54.0 Å². The van der Waals surface area contributed by atoms with Crippen LogP contribution in [-0.2, 0) is 9.59 Å². The van der Waals surface area contributed by atoms with Gasteiger partial charge in [0.15, 0.2) is 16.6 Å². The number of aliphatic hydroxyl groups is 1. The van der Waals surface area contributed by atoms with Gasteiger partial charge in [-0.1, -0.05) is 26.8 Å². The summed E-state index contributed by atoms with van der Waals surface area (Å²) in [7, 11) is 0. The van der Waals surface area contributed by atoms with E-state index in [1.165, 1.54) is 16.2 Å². The Morgan fingerprint density at radius 3 is 2.44 bits per heavy atom. The predicted molar refractivity (Wildman–Crippen MR) is 152 cm³/mol. The van der Waals surface area contributed by atoms with Crippen LogP contribution in [0, 0.1) is 5.92 Å². The lowest BCUT2D eigenvalue weighted by molar-refractivity contribution is -0.132. The third-order valence-corrected chi connectivity index (χ3v) is 6.98. The Balaban J connectivity index is 1.79. The number of ketones is 1. The SMILES string of the molecule is CCCOc1ccc(C(O)=C2C(=O)C(=O)N(c3nccs3)C2c2ccc(OCCC(C)C)c(OCC)c2)cc1. The highest BCUT2D eigenvalue weighted by Gasteiger charge is 2.48. The molecule has 1 aromatic heterocycles. The molecule has 2 aromatic carbocycles. The molecule has 0 bridgehead atoms. The number of aromatic nitrogens is 1. The quantitative estimate of drug-likeness (QED) is 0.159. The summed E-state index contributed by atoms with van der Waals surface area (Å²) in [4.78, 5) is 32.3. The van der Waals surface area contributed by atoms with Crippen molar-refractivity contribution in [1.29, 1.82) is 0 Å². The number of carbonyl (C=O) groups excluding carboxylic acids is 2. The van der Waals surface area contributed by atoms with Crippen LogP contribution in [0.4, 0.5) is 5.13 Å². The summed E-state index contributed by atoms with van der Waals surface area (Å²) in [6.07, 6.45) is 3.33. The van der Waals surface area contributed by atoms with Crippen molar-refractivity contribution in [3.8, 4) is 17.2 Å². The van der Waals surface area contributed by atoms with Crippen LogP contribution in [0.25, 0.3) is 5.76 Å². The lowest BCUT2D eigenvalue weighted by atomic mass is 9.95. The Morgan fingerprint density at radius 2 is 1.79 bits per heavy atom. The first-order valence-corrected chi connectivity index (χ1v) is 14.1. The summed E-state index contributed by atoms with van der Waals surface area (Å²) in [5.74, 6) is 0.419. The van der Waals surface area contributed by atoms with Gasteiger partial charge in [-0.05, 0) is 67.6 Å². The Bertz CT molecular complexity index is 1320. The van der Waals surface area contributed by atoms with Crippen LogP contribution in [0.3, 0.4) is 0 Å². The van der Waals surface area contributed by atoms with Crippen LogP contribution in [0.2, 0.25) is 0 Å². The van der Waals surface area contributed by atoms with Crippen molar-refractivity contribution in [1.82, 2.24) is 4.98 Å². The number of ether oxygens (including phenoxy) is 3. The predicted octanol–water partition coefficient (Wildman–Crippen LogP) is 6.38. The molecule has 1 aliphatic rings. The lowest BCUT2D eigenvalue weighted by Gasteiger charge is -2.24. The maximum Gasteiger partial charge on any atom is 0.301 e. The van der Waals surface area contributed by atoms with Gasteiger partial charge in [0.25, 0.3) is 5.78 Å². The molecule has 0 radical (unpaired) electrons. The van der Waals surface area contributed by atoms with E-state index in [9.17, 15) is 14.7 Å². The van der Waals surface area contributed by atoms with E-state index in [1.807, 2.05) is 13.8 Å². The Morgan fingerprint density at radius 1 is 1.03 bits per heavy atom. The fourth-order valence-electron chi connectivity index (χ4n) is 4.25. The fourth-order valence-corrected chi connectivity index (χ4v) is 4.92. The number of hydrogen-bond acceptors (Lipinski definition) is 8. The van der Waals surface area contributed by atoms with Gasteiger partial charge in [0, 0.05) is 17.1 Å². The molecule has 1 saturated heterocycles. The molecule has 0 aliphatic carbocycles. The van der Waals surface area contributed by atoms with Crippen molar-refractivity contribution in [2.75, 3.05) is 24.7 Å². The molecular weight excluding hydrogens is 516 g/mol. The van der Waals surface area contributed by atoms with Crippen molar-refractivity contribution >= 4 is 33.9 Å². The molecule has 1 fully saturated rings. The first kappa shape index (κ1) is 28.2. The minimum atomic E-state index is -0.906. The number of rotatable bonds is 12. The summed E-state index contributed by atoms with van der Waals surface area (Å²) < 4.78 is 17.5. The van der Waals surface area contributed by atoms with E-state index in [-0.39, 0.29) is 11.3 Å². The number of aliphatic hydroxyl groups excluding tert-OH is 1. The summed E-state index contributed by atoms with van der Waals surface area (Å²) >= 11 is 1.24. The van der Waals surface area contributed by atoms with Crippen molar-refractivity contribution in [2.45, 2.75) is 46.6 Å². The first-order chi connectivity index (χ1) is 18.8. The van der Waals surface area contributed by atoms with Gasteiger partial charge in [0.1, 0.15) is 11.5 Å². The molecule has 39 heavy (non-hydrogen) atoms. The molecule has 1 N–H and O–H groups in total. The van der Waals surface area contributed by atoms with E-state index < -0.39 is 17.7 Å². The Hall–Kier alpha value is -3.85. The van der Waals surface area contributed by atoms with Gasteiger partial charge in [-0.3, -0.25) is 14.5 Å². The zero-order valence-electron chi connectivity index (χ0n) is 22.7. The van der Waals surface area contributed by atoms with Crippen LogP contribution < -0.4 is 19.1 Å². The highest BCUT2D eigenvalue weighted by molar-refractivity contribution is 7.14. The van der Waals surface area contributed by atoms with Gasteiger partial charge < -0.3 is 19.3 Å². The number of thiazole rings is 1. The van der Waals surface area contributed by atoms with Crippen LogP contribution in [0.1, 0.15) is 57.7 Å². The summed E-state index contributed by atoms with van der Waals surface area (Å²) in [6.45, 7) is 9.66. The number of carbonyl (C=O) groups is 2. The van der Waals surface area contributed by atoms with Crippen molar-refractivity contribution in [2.24, 2.45) is 5.92 Å². The number of anilines is 1. The zero-order chi connectivity index (χ0) is 27.9.